The normalized spacial score (nSPS) is 17.4. The molecule has 0 spiro atoms. The fourth-order valence-corrected chi connectivity index (χ4v) is 2.65. The third-order valence-corrected chi connectivity index (χ3v) is 3.95. The average molecular weight is 278 g/mol. The molecule has 0 unspecified atom stereocenters. The van der Waals surface area contributed by atoms with Gasteiger partial charge in [0.25, 0.3) is 0 Å². The van der Waals surface area contributed by atoms with Crippen molar-refractivity contribution in [1.82, 2.24) is 9.80 Å². The maximum absolute atomic E-state index is 5.33. The summed E-state index contributed by atoms with van der Waals surface area (Å²) in [6.07, 6.45) is 0. The van der Waals surface area contributed by atoms with Gasteiger partial charge in [0, 0.05) is 44.8 Å². The fraction of sp³-hybridized carbons (Fsp3) is 0.625. The van der Waals surface area contributed by atoms with E-state index in [1.165, 1.54) is 5.56 Å². The lowest BCUT2D eigenvalue weighted by Gasteiger charge is -2.37. The molecule has 0 aromatic heterocycles. The summed E-state index contributed by atoms with van der Waals surface area (Å²) in [6.45, 7) is 10.0. The topological polar surface area (TPSA) is 24.9 Å². The van der Waals surface area contributed by atoms with Gasteiger partial charge in [0.05, 0.1) is 14.2 Å². The second kappa shape index (κ2) is 6.95. The van der Waals surface area contributed by atoms with E-state index in [9.17, 15) is 0 Å². The maximum atomic E-state index is 5.33. The van der Waals surface area contributed by atoms with E-state index in [4.69, 9.17) is 9.47 Å². The van der Waals surface area contributed by atoms with Crippen LogP contribution in [0.4, 0.5) is 0 Å². The first-order valence-corrected chi connectivity index (χ1v) is 7.30. The van der Waals surface area contributed by atoms with Gasteiger partial charge in [0.15, 0.2) is 0 Å². The molecule has 2 rings (SSSR count). The van der Waals surface area contributed by atoms with Crippen molar-refractivity contribution in [2.45, 2.75) is 26.4 Å². The van der Waals surface area contributed by atoms with Gasteiger partial charge < -0.3 is 9.47 Å². The van der Waals surface area contributed by atoms with Gasteiger partial charge in [-0.1, -0.05) is 0 Å². The van der Waals surface area contributed by atoms with Crippen LogP contribution in [0.25, 0.3) is 0 Å². The number of nitrogens with zero attached hydrogens (tertiary/aromatic N) is 2. The first kappa shape index (κ1) is 15.1. The minimum absolute atomic E-state index is 0.647. The monoisotopic (exact) mass is 278 g/mol. The van der Waals surface area contributed by atoms with Gasteiger partial charge in [-0.2, -0.15) is 0 Å². The first-order chi connectivity index (χ1) is 9.62. The van der Waals surface area contributed by atoms with E-state index in [1.54, 1.807) is 14.2 Å². The highest BCUT2D eigenvalue weighted by molar-refractivity contribution is 5.38. The first-order valence-electron chi connectivity index (χ1n) is 7.30. The molecule has 1 aliphatic heterocycles. The van der Waals surface area contributed by atoms with Crippen LogP contribution in [0, 0.1) is 0 Å². The lowest BCUT2D eigenvalue weighted by Crippen LogP contribution is -2.48. The van der Waals surface area contributed by atoms with E-state index in [0.29, 0.717) is 6.04 Å². The fourth-order valence-electron chi connectivity index (χ4n) is 2.65. The highest BCUT2D eigenvalue weighted by Gasteiger charge is 2.19. The van der Waals surface area contributed by atoms with Crippen LogP contribution in [0.3, 0.4) is 0 Å². The van der Waals surface area contributed by atoms with Crippen LogP contribution in [0.15, 0.2) is 18.2 Å². The van der Waals surface area contributed by atoms with Crippen molar-refractivity contribution in [1.29, 1.82) is 0 Å². The van der Waals surface area contributed by atoms with Crippen LogP contribution in [0.1, 0.15) is 19.4 Å². The lowest BCUT2D eigenvalue weighted by atomic mass is 10.1. The van der Waals surface area contributed by atoms with Gasteiger partial charge in [-0.15, -0.1) is 0 Å². The number of hydrogen-bond acceptors (Lipinski definition) is 4. The smallest absolute Gasteiger partial charge is 0.122 e. The minimum Gasteiger partial charge on any atom is -0.497 e. The van der Waals surface area contributed by atoms with Crippen molar-refractivity contribution >= 4 is 0 Å². The second-order valence-electron chi connectivity index (χ2n) is 5.63. The minimum atomic E-state index is 0.647. The Labute approximate surface area is 122 Å². The van der Waals surface area contributed by atoms with Crippen LogP contribution >= 0.6 is 0 Å². The average Bonchev–Trinajstić information content (AvgIpc) is 2.47. The van der Waals surface area contributed by atoms with E-state index < -0.39 is 0 Å². The molecule has 0 saturated carbocycles. The quantitative estimate of drug-likeness (QED) is 0.824. The lowest BCUT2D eigenvalue weighted by molar-refractivity contribution is 0.104. The molecular weight excluding hydrogens is 252 g/mol. The zero-order valence-corrected chi connectivity index (χ0v) is 13.1. The van der Waals surface area contributed by atoms with Crippen molar-refractivity contribution in [2.24, 2.45) is 0 Å². The highest BCUT2D eigenvalue weighted by Crippen LogP contribution is 2.23. The number of hydrogen-bond donors (Lipinski definition) is 0. The van der Waals surface area contributed by atoms with Crippen LogP contribution in [0.2, 0.25) is 0 Å². The van der Waals surface area contributed by atoms with E-state index in [-0.39, 0.29) is 0 Å². The third kappa shape index (κ3) is 3.87. The molecule has 112 valence electrons. The van der Waals surface area contributed by atoms with Crippen LogP contribution in [0.5, 0.6) is 11.5 Å². The molecule has 1 fully saturated rings. The Kier molecular flexibility index (Phi) is 5.26. The molecule has 0 aliphatic carbocycles. The Bertz CT molecular complexity index is 404. The van der Waals surface area contributed by atoms with Crippen molar-refractivity contribution in [3.05, 3.63) is 23.8 Å². The predicted molar refractivity (Wildman–Crippen MR) is 81.5 cm³/mol. The maximum Gasteiger partial charge on any atom is 0.122 e. The van der Waals surface area contributed by atoms with Gasteiger partial charge in [0.1, 0.15) is 11.5 Å². The molecule has 20 heavy (non-hydrogen) atoms. The van der Waals surface area contributed by atoms with Gasteiger partial charge >= 0.3 is 0 Å². The molecule has 4 heteroatoms. The highest BCUT2D eigenvalue weighted by atomic mass is 16.5. The Balaban J connectivity index is 1.97. The van der Waals surface area contributed by atoms with E-state index >= 15 is 0 Å². The predicted octanol–water partition coefficient (Wildman–Crippen LogP) is 2.23. The molecule has 0 bridgehead atoms. The van der Waals surface area contributed by atoms with E-state index in [0.717, 1.165) is 44.2 Å². The van der Waals surface area contributed by atoms with E-state index in [2.05, 4.69) is 35.8 Å². The van der Waals surface area contributed by atoms with Crippen LogP contribution in [-0.2, 0) is 6.54 Å². The molecule has 1 aromatic rings. The molecular formula is C16H26N2O2. The summed E-state index contributed by atoms with van der Waals surface area (Å²) >= 11 is 0. The molecule has 0 atom stereocenters. The molecule has 0 amide bonds. The molecule has 1 aromatic carbocycles. The van der Waals surface area contributed by atoms with Crippen molar-refractivity contribution in [3.8, 4) is 11.5 Å². The molecule has 0 N–H and O–H groups in total. The van der Waals surface area contributed by atoms with Gasteiger partial charge in [-0.05, 0) is 31.5 Å². The molecule has 1 heterocycles. The zero-order chi connectivity index (χ0) is 14.5. The largest absolute Gasteiger partial charge is 0.497 e. The van der Waals surface area contributed by atoms with Gasteiger partial charge in [-0.25, -0.2) is 0 Å². The summed E-state index contributed by atoms with van der Waals surface area (Å²) < 4.78 is 10.7. The summed E-state index contributed by atoms with van der Waals surface area (Å²) in [6, 6.07) is 6.75. The number of ether oxygens (including phenoxy) is 2. The SMILES string of the molecule is COc1cc(CN2CCN(C(C)C)CC2)cc(OC)c1. The van der Waals surface area contributed by atoms with Gasteiger partial charge in [0.2, 0.25) is 0 Å². The molecule has 0 radical (unpaired) electrons. The Hall–Kier alpha value is -1.26. The molecule has 4 nitrogen and oxygen atoms in total. The summed E-state index contributed by atoms with van der Waals surface area (Å²) in [4.78, 5) is 5.02. The second-order valence-corrected chi connectivity index (χ2v) is 5.63. The zero-order valence-electron chi connectivity index (χ0n) is 13.1. The molecule has 1 aliphatic rings. The van der Waals surface area contributed by atoms with Crippen LogP contribution in [-0.4, -0.2) is 56.2 Å². The number of piperazine rings is 1. The van der Waals surface area contributed by atoms with Crippen LogP contribution < -0.4 is 9.47 Å². The Morgan fingerprint density at radius 1 is 0.950 bits per heavy atom. The Morgan fingerprint density at radius 2 is 1.50 bits per heavy atom. The summed E-state index contributed by atoms with van der Waals surface area (Å²) in [7, 11) is 3.39. The number of benzene rings is 1. The third-order valence-electron chi connectivity index (χ3n) is 3.95. The van der Waals surface area contributed by atoms with Crippen molar-refractivity contribution in [3.63, 3.8) is 0 Å². The summed E-state index contributed by atoms with van der Waals surface area (Å²) in [5.74, 6) is 1.72. The number of rotatable bonds is 5. The number of methoxy groups -OCH3 is 2. The molecule has 1 saturated heterocycles. The van der Waals surface area contributed by atoms with Gasteiger partial charge in [-0.3, -0.25) is 9.80 Å². The van der Waals surface area contributed by atoms with Crippen molar-refractivity contribution < 1.29 is 9.47 Å². The van der Waals surface area contributed by atoms with E-state index in [1.807, 2.05) is 6.07 Å². The van der Waals surface area contributed by atoms with Crippen molar-refractivity contribution in [2.75, 3.05) is 40.4 Å². The summed E-state index contributed by atoms with van der Waals surface area (Å²) in [5.41, 5.74) is 1.25. The summed E-state index contributed by atoms with van der Waals surface area (Å²) in [5, 5.41) is 0. The standard InChI is InChI=1S/C16H26N2O2/c1-13(2)18-7-5-17(6-8-18)12-14-9-15(19-3)11-16(10-14)20-4/h9-11,13H,5-8,12H2,1-4H3. The Morgan fingerprint density at radius 3 is 1.95 bits per heavy atom.